The van der Waals surface area contributed by atoms with Crippen LogP contribution in [0.3, 0.4) is 0 Å². The molecule has 1 fully saturated rings. The molecule has 0 bridgehead atoms. The van der Waals surface area contributed by atoms with Crippen LogP contribution >= 0.6 is 0 Å². The number of hydrogen-bond acceptors (Lipinski definition) is 2. The monoisotopic (exact) mass is 250 g/mol. The Kier molecular flexibility index (Phi) is 4.36. The van der Waals surface area contributed by atoms with Crippen molar-refractivity contribution < 1.29 is 4.39 Å². The largest absolute Gasteiger partial charge is 0.313 e. The van der Waals surface area contributed by atoms with Crippen LogP contribution < -0.4 is 5.73 Å². The van der Waals surface area contributed by atoms with Crippen LogP contribution in [0.2, 0.25) is 0 Å². The van der Waals surface area contributed by atoms with Gasteiger partial charge in [-0.25, -0.2) is 4.39 Å². The lowest BCUT2D eigenvalue weighted by Gasteiger charge is -2.38. The Bertz CT molecular complexity index is 382. The average molecular weight is 250 g/mol. The summed E-state index contributed by atoms with van der Waals surface area (Å²) in [6.07, 6.45) is 5.73. The highest BCUT2D eigenvalue weighted by atomic mass is 19.1. The molecule has 1 aliphatic heterocycles. The van der Waals surface area contributed by atoms with Crippen molar-refractivity contribution in [1.82, 2.24) is 4.90 Å². The fourth-order valence-electron chi connectivity index (χ4n) is 2.75. The minimum Gasteiger partial charge on any atom is -0.313 e. The van der Waals surface area contributed by atoms with E-state index in [1.807, 2.05) is 6.07 Å². The van der Waals surface area contributed by atoms with Gasteiger partial charge in [0, 0.05) is 6.42 Å². The second-order valence-electron chi connectivity index (χ2n) is 5.57. The maximum atomic E-state index is 13.2. The molecule has 0 spiro atoms. The third-order valence-electron chi connectivity index (χ3n) is 3.78. The molecule has 1 heterocycles. The summed E-state index contributed by atoms with van der Waals surface area (Å²) in [5.41, 5.74) is 7.05. The van der Waals surface area contributed by atoms with Crippen molar-refractivity contribution in [2.75, 3.05) is 13.1 Å². The number of likely N-dealkylation sites (tertiary alicyclic amines) is 1. The normalized spacial score (nSPS) is 21.3. The molecule has 0 aromatic heterocycles. The van der Waals surface area contributed by atoms with Crippen molar-refractivity contribution in [2.24, 2.45) is 5.73 Å². The first-order valence-electron chi connectivity index (χ1n) is 6.86. The number of nitrogens with two attached hydrogens (primary N) is 1. The molecule has 1 atom stereocenters. The van der Waals surface area contributed by atoms with E-state index in [1.165, 1.54) is 31.7 Å². The summed E-state index contributed by atoms with van der Waals surface area (Å²) in [5.74, 6) is -0.181. The first-order valence-corrected chi connectivity index (χ1v) is 6.86. The van der Waals surface area contributed by atoms with Gasteiger partial charge in [0.2, 0.25) is 0 Å². The summed E-state index contributed by atoms with van der Waals surface area (Å²) in [6, 6.07) is 6.77. The van der Waals surface area contributed by atoms with E-state index >= 15 is 0 Å². The van der Waals surface area contributed by atoms with Gasteiger partial charge in [0.1, 0.15) is 5.82 Å². The highest BCUT2D eigenvalue weighted by Gasteiger charge is 2.27. The van der Waals surface area contributed by atoms with Crippen LogP contribution in [0.5, 0.6) is 0 Å². The first kappa shape index (κ1) is 13.5. The second kappa shape index (κ2) is 5.81. The Labute approximate surface area is 109 Å². The molecule has 1 aliphatic rings. The minimum atomic E-state index is -0.377. The standard InChI is InChI=1S/C15H23FN2/c1-15(17,18-9-4-2-3-5-10-18)12-13-7-6-8-14(16)11-13/h6-8,11H,2-5,9-10,12,17H2,1H3. The Morgan fingerprint density at radius 3 is 2.50 bits per heavy atom. The maximum Gasteiger partial charge on any atom is 0.123 e. The van der Waals surface area contributed by atoms with E-state index in [4.69, 9.17) is 5.73 Å². The van der Waals surface area contributed by atoms with E-state index in [-0.39, 0.29) is 11.5 Å². The van der Waals surface area contributed by atoms with Crippen LogP contribution in [-0.2, 0) is 6.42 Å². The van der Waals surface area contributed by atoms with Gasteiger partial charge in [0.25, 0.3) is 0 Å². The highest BCUT2D eigenvalue weighted by Crippen LogP contribution is 2.20. The Balaban J connectivity index is 2.05. The molecule has 2 N–H and O–H groups in total. The number of halogens is 1. The number of hydrogen-bond donors (Lipinski definition) is 1. The first-order chi connectivity index (χ1) is 8.58. The van der Waals surface area contributed by atoms with Crippen LogP contribution in [0.25, 0.3) is 0 Å². The Morgan fingerprint density at radius 1 is 1.22 bits per heavy atom. The third kappa shape index (κ3) is 3.53. The molecule has 0 aliphatic carbocycles. The topological polar surface area (TPSA) is 29.3 Å². The van der Waals surface area contributed by atoms with Crippen LogP contribution in [0.1, 0.15) is 38.2 Å². The predicted molar refractivity (Wildman–Crippen MR) is 72.7 cm³/mol. The summed E-state index contributed by atoms with van der Waals surface area (Å²) in [7, 11) is 0. The molecule has 0 saturated carbocycles. The molecule has 0 radical (unpaired) electrons. The molecule has 2 rings (SSSR count). The zero-order valence-corrected chi connectivity index (χ0v) is 11.2. The van der Waals surface area contributed by atoms with Crippen molar-refractivity contribution in [3.63, 3.8) is 0 Å². The molecular formula is C15H23FN2. The van der Waals surface area contributed by atoms with Gasteiger partial charge in [-0.2, -0.15) is 0 Å². The maximum absolute atomic E-state index is 13.2. The molecule has 3 heteroatoms. The van der Waals surface area contributed by atoms with Crippen LogP contribution in [0.4, 0.5) is 4.39 Å². The predicted octanol–water partition coefficient (Wildman–Crippen LogP) is 2.92. The fraction of sp³-hybridized carbons (Fsp3) is 0.600. The summed E-state index contributed by atoms with van der Waals surface area (Å²) in [6.45, 7) is 4.17. The molecule has 18 heavy (non-hydrogen) atoms. The lowest BCUT2D eigenvalue weighted by atomic mass is 10.00. The second-order valence-corrected chi connectivity index (χ2v) is 5.57. The van der Waals surface area contributed by atoms with Gasteiger partial charge in [0.15, 0.2) is 0 Å². The van der Waals surface area contributed by atoms with Crippen molar-refractivity contribution in [3.05, 3.63) is 35.6 Å². The zero-order chi connectivity index (χ0) is 13.0. The third-order valence-corrected chi connectivity index (χ3v) is 3.78. The fourth-order valence-corrected chi connectivity index (χ4v) is 2.75. The summed E-state index contributed by atoms with van der Waals surface area (Å²) in [5, 5.41) is 0. The molecular weight excluding hydrogens is 227 g/mol. The molecule has 2 nitrogen and oxygen atoms in total. The van der Waals surface area contributed by atoms with Crippen molar-refractivity contribution >= 4 is 0 Å². The van der Waals surface area contributed by atoms with Gasteiger partial charge in [-0.1, -0.05) is 25.0 Å². The van der Waals surface area contributed by atoms with Gasteiger partial charge in [-0.05, 0) is 50.6 Å². The van der Waals surface area contributed by atoms with Gasteiger partial charge in [-0.15, -0.1) is 0 Å². The van der Waals surface area contributed by atoms with Gasteiger partial charge in [0.05, 0.1) is 5.66 Å². The van der Waals surface area contributed by atoms with Gasteiger partial charge in [-0.3, -0.25) is 4.90 Å². The summed E-state index contributed by atoms with van der Waals surface area (Å²) < 4.78 is 13.2. The Hall–Kier alpha value is -0.930. The average Bonchev–Trinajstić information content (AvgIpc) is 2.57. The van der Waals surface area contributed by atoms with Crippen molar-refractivity contribution in [1.29, 1.82) is 0 Å². The van der Waals surface area contributed by atoms with Crippen LogP contribution in [0, 0.1) is 5.82 Å². The number of nitrogens with zero attached hydrogens (tertiary/aromatic N) is 1. The zero-order valence-electron chi connectivity index (χ0n) is 11.2. The Morgan fingerprint density at radius 2 is 1.89 bits per heavy atom. The summed E-state index contributed by atoms with van der Waals surface area (Å²) >= 11 is 0. The van der Waals surface area contributed by atoms with Crippen molar-refractivity contribution in [2.45, 2.75) is 44.7 Å². The van der Waals surface area contributed by atoms with Crippen LogP contribution in [-0.4, -0.2) is 23.7 Å². The molecule has 1 saturated heterocycles. The van der Waals surface area contributed by atoms with Crippen molar-refractivity contribution in [3.8, 4) is 0 Å². The lowest BCUT2D eigenvalue weighted by molar-refractivity contribution is 0.113. The smallest absolute Gasteiger partial charge is 0.123 e. The number of rotatable bonds is 3. The summed E-state index contributed by atoms with van der Waals surface area (Å²) in [4.78, 5) is 2.35. The molecule has 1 unspecified atom stereocenters. The van der Waals surface area contributed by atoms with E-state index < -0.39 is 0 Å². The van der Waals surface area contributed by atoms with Gasteiger partial charge < -0.3 is 5.73 Å². The van der Waals surface area contributed by atoms with Gasteiger partial charge >= 0.3 is 0 Å². The van der Waals surface area contributed by atoms with E-state index in [0.29, 0.717) is 6.42 Å². The molecule has 1 aromatic rings. The molecule has 100 valence electrons. The molecule has 1 aromatic carbocycles. The SMILES string of the molecule is CC(N)(Cc1cccc(F)c1)N1CCCCCC1. The number of benzene rings is 1. The van der Waals surface area contributed by atoms with E-state index in [1.54, 1.807) is 12.1 Å². The quantitative estimate of drug-likeness (QED) is 0.893. The minimum absolute atomic E-state index is 0.181. The van der Waals surface area contributed by atoms with E-state index in [2.05, 4.69) is 11.8 Å². The highest BCUT2D eigenvalue weighted by molar-refractivity contribution is 5.18. The lowest BCUT2D eigenvalue weighted by Crippen LogP contribution is -2.55. The van der Waals surface area contributed by atoms with E-state index in [9.17, 15) is 4.39 Å². The van der Waals surface area contributed by atoms with Crippen LogP contribution in [0.15, 0.2) is 24.3 Å². The molecule has 0 amide bonds. The van der Waals surface area contributed by atoms with E-state index in [0.717, 1.165) is 18.7 Å².